The number of β-lactam (4-membered cyclic amide) rings is 1. The number of nitrogens with zero attached hydrogens (tertiary/aromatic N) is 6. The number of hydrogen-bond donors (Lipinski definition) is 3. The topological polar surface area (TPSA) is 219 Å². The highest BCUT2D eigenvalue weighted by Crippen LogP contribution is 2.41. The van der Waals surface area contributed by atoms with Crippen LogP contribution in [0.3, 0.4) is 0 Å². The molecular weight excluding hydrogens is 572 g/mol. The Morgan fingerprint density at radius 3 is 2.73 bits per heavy atom. The van der Waals surface area contributed by atoms with Crippen molar-refractivity contribution in [3.05, 3.63) is 35.4 Å². The molecule has 3 aliphatic heterocycles. The Bertz CT molecular complexity index is 1420. The molecule has 2 unspecified atom stereocenters. The van der Waals surface area contributed by atoms with Crippen LogP contribution in [0.15, 0.2) is 39.2 Å². The number of aliphatic carboxylic acids is 1. The number of aryl methyl sites for hydroxylation is 1. The highest BCUT2D eigenvalue weighted by molar-refractivity contribution is 8.01. The third-order valence-corrected chi connectivity index (χ3v) is 8.51. The summed E-state index contributed by atoms with van der Waals surface area (Å²) in [5.74, 6) is -4.87. The number of carbonyl (C=O) groups is 6. The van der Waals surface area contributed by atoms with E-state index in [4.69, 9.17) is 4.42 Å². The Morgan fingerprint density at radius 2 is 2.10 bits per heavy atom. The molecule has 3 aliphatic rings. The predicted molar refractivity (Wildman–Crippen MR) is 132 cm³/mol. The molecule has 2 saturated heterocycles. The van der Waals surface area contributed by atoms with Gasteiger partial charge in [-0.1, -0.05) is 11.8 Å². The molecule has 5 rings (SSSR count). The van der Waals surface area contributed by atoms with E-state index in [-0.39, 0.29) is 36.1 Å². The van der Waals surface area contributed by atoms with Gasteiger partial charge in [0.15, 0.2) is 6.04 Å². The van der Waals surface area contributed by atoms with Crippen LogP contribution in [0.2, 0.25) is 0 Å². The molecule has 210 valence electrons. The number of amides is 5. The van der Waals surface area contributed by atoms with E-state index >= 15 is 0 Å². The number of carboxylic acids is 1. The molecule has 2 aromatic heterocycles. The first-order valence-corrected chi connectivity index (χ1v) is 13.6. The summed E-state index contributed by atoms with van der Waals surface area (Å²) >= 11 is 2.47. The molecule has 0 saturated carbocycles. The molecule has 0 aliphatic carbocycles. The van der Waals surface area contributed by atoms with Crippen LogP contribution < -0.4 is 10.6 Å². The first-order chi connectivity index (χ1) is 19.2. The molecule has 2 fully saturated rings. The summed E-state index contributed by atoms with van der Waals surface area (Å²) in [5.41, 5.74) is 0.306. The highest BCUT2D eigenvalue weighted by Gasteiger charge is 2.54. The maximum absolute atomic E-state index is 13.2. The number of carboxylic acid groups (broad SMARTS) is 1. The van der Waals surface area contributed by atoms with Crippen LogP contribution in [0.25, 0.3) is 0 Å². The van der Waals surface area contributed by atoms with E-state index in [9.17, 15) is 33.9 Å². The van der Waals surface area contributed by atoms with Crippen molar-refractivity contribution < 1.29 is 43.0 Å². The first kappa shape index (κ1) is 27.2. The second-order valence-corrected chi connectivity index (χ2v) is 10.6. The number of nitrogens with one attached hydrogen (secondary N) is 2. The largest absolute Gasteiger partial charge is 0.477 e. The maximum Gasteiger partial charge on any atom is 0.417 e. The van der Waals surface area contributed by atoms with Crippen LogP contribution in [0.5, 0.6) is 0 Å². The smallest absolute Gasteiger partial charge is 0.417 e. The number of rotatable bonds is 8. The first-order valence-electron chi connectivity index (χ1n) is 11.6. The number of hydrogen-bond acceptors (Lipinski definition) is 13. The van der Waals surface area contributed by atoms with Crippen molar-refractivity contribution in [2.45, 2.75) is 22.6 Å². The maximum atomic E-state index is 13.2. The van der Waals surface area contributed by atoms with Crippen LogP contribution in [0.1, 0.15) is 11.8 Å². The lowest BCUT2D eigenvalue weighted by Crippen LogP contribution is -2.71. The fourth-order valence-corrected chi connectivity index (χ4v) is 6.48. The number of cyclic esters (lactones) is 1. The van der Waals surface area contributed by atoms with Gasteiger partial charge in [0.05, 0.1) is 12.8 Å². The van der Waals surface area contributed by atoms with Crippen LogP contribution >= 0.6 is 23.5 Å². The Kier molecular flexibility index (Phi) is 7.48. The lowest BCUT2D eigenvalue weighted by molar-refractivity contribution is -0.151. The van der Waals surface area contributed by atoms with Crippen LogP contribution in [-0.2, 0) is 35.8 Å². The second kappa shape index (κ2) is 11.0. The van der Waals surface area contributed by atoms with Crippen molar-refractivity contribution in [2.24, 2.45) is 7.05 Å². The molecule has 5 amide bonds. The van der Waals surface area contributed by atoms with Gasteiger partial charge in [-0.3, -0.25) is 24.1 Å². The van der Waals surface area contributed by atoms with Crippen LogP contribution in [0, 0.1) is 0 Å². The average Bonchev–Trinajstić information content (AvgIpc) is 3.70. The fraction of sp³-hybridized carbons (Fsp3) is 0.381. The van der Waals surface area contributed by atoms with Crippen LogP contribution in [0.4, 0.5) is 4.79 Å². The number of imide groups is 1. The standard InChI is InChI=1S/C21H20N8O9S2/c1-27-20(24-25-26-27)40-8-9-7-39-18-12(16(32)29(18)13(9)19(34)35)23-14(30)11(10-3-2-5-37-10)22-15(31)17(33)28-4-6-38-21(28)36/h2-3,5,11-12,18H,4,6-8H2,1H3,(H,22,31)(H,23,30)(H,34,35)/t11?,12-,18?/m0/s1. The van der Waals surface area contributed by atoms with Gasteiger partial charge in [-0.05, 0) is 28.1 Å². The Morgan fingerprint density at radius 1 is 1.30 bits per heavy atom. The van der Waals surface area contributed by atoms with Gasteiger partial charge in [0, 0.05) is 18.6 Å². The Labute approximate surface area is 232 Å². The molecule has 0 spiro atoms. The second-order valence-electron chi connectivity index (χ2n) is 8.52. The quantitative estimate of drug-likeness (QED) is 0.180. The van der Waals surface area contributed by atoms with E-state index in [2.05, 4.69) is 30.9 Å². The van der Waals surface area contributed by atoms with Crippen molar-refractivity contribution >= 4 is 59.2 Å². The minimum atomic E-state index is -1.53. The van der Waals surface area contributed by atoms with Gasteiger partial charge in [-0.15, -0.1) is 16.9 Å². The number of tetrazole rings is 1. The predicted octanol–water partition coefficient (Wildman–Crippen LogP) is -1.53. The van der Waals surface area contributed by atoms with Gasteiger partial charge < -0.3 is 24.9 Å². The van der Waals surface area contributed by atoms with Crippen LogP contribution in [-0.4, -0.2) is 107 Å². The number of fused-ring (bicyclic) bond motifs is 1. The molecular formula is C21H20N8O9S2. The molecule has 0 radical (unpaired) electrons. The van der Waals surface area contributed by atoms with Gasteiger partial charge in [-0.2, -0.15) is 0 Å². The number of carbonyl (C=O) groups excluding carboxylic acids is 5. The zero-order valence-corrected chi connectivity index (χ0v) is 22.1. The minimum Gasteiger partial charge on any atom is -0.477 e. The molecule has 17 nitrogen and oxygen atoms in total. The highest BCUT2D eigenvalue weighted by atomic mass is 32.2. The van der Waals surface area contributed by atoms with Crippen molar-refractivity contribution in [3.8, 4) is 0 Å². The van der Waals surface area contributed by atoms with E-state index in [1.165, 1.54) is 46.6 Å². The molecule has 5 heterocycles. The number of ether oxygens (including phenoxy) is 1. The van der Waals surface area contributed by atoms with Crippen molar-refractivity contribution in [1.82, 2.24) is 40.6 Å². The molecule has 0 aromatic carbocycles. The van der Waals surface area contributed by atoms with E-state index in [0.29, 0.717) is 15.6 Å². The lowest BCUT2D eigenvalue weighted by atomic mass is 10.0. The van der Waals surface area contributed by atoms with Crippen molar-refractivity contribution in [2.75, 3.05) is 24.7 Å². The van der Waals surface area contributed by atoms with Gasteiger partial charge in [-0.25, -0.2) is 19.2 Å². The molecule has 0 bridgehead atoms. The normalized spacial score (nSPS) is 20.9. The molecule has 3 atom stereocenters. The monoisotopic (exact) mass is 592 g/mol. The summed E-state index contributed by atoms with van der Waals surface area (Å²) in [6, 6.07) is 0.199. The van der Waals surface area contributed by atoms with Crippen molar-refractivity contribution in [1.29, 1.82) is 0 Å². The number of aromatic nitrogens is 4. The Hall–Kier alpha value is -4.39. The SMILES string of the molecule is Cn1nnnc1SCC1=C(C(=O)O)N2C(=O)[C@H](NC(=O)C(NC(=O)C(=O)N3CCOC3=O)c3ccco3)C2SC1. The summed E-state index contributed by atoms with van der Waals surface area (Å²) < 4.78 is 11.3. The molecule has 19 heteroatoms. The Balaban J connectivity index is 1.28. The summed E-state index contributed by atoms with van der Waals surface area (Å²) in [6.07, 6.45) is 0.261. The van der Waals surface area contributed by atoms with E-state index in [1.54, 1.807) is 7.05 Å². The van der Waals surface area contributed by atoms with Gasteiger partial charge in [0.1, 0.15) is 29.5 Å². The zero-order valence-electron chi connectivity index (χ0n) is 20.5. The summed E-state index contributed by atoms with van der Waals surface area (Å²) in [6.45, 7) is -0.187. The summed E-state index contributed by atoms with van der Waals surface area (Å²) in [5, 5.41) is 25.5. The minimum absolute atomic E-state index is 0.0359. The van der Waals surface area contributed by atoms with Gasteiger partial charge >= 0.3 is 23.9 Å². The van der Waals surface area contributed by atoms with Gasteiger partial charge in [0.2, 0.25) is 5.16 Å². The fourth-order valence-electron chi connectivity index (χ4n) is 4.14. The van der Waals surface area contributed by atoms with Gasteiger partial charge in [0.25, 0.3) is 11.8 Å². The third kappa shape index (κ3) is 4.99. The number of thioether (sulfide) groups is 2. The summed E-state index contributed by atoms with van der Waals surface area (Å²) in [4.78, 5) is 76.7. The van der Waals surface area contributed by atoms with E-state index in [1.807, 2.05) is 0 Å². The molecule has 40 heavy (non-hydrogen) atoms. The average molecular weight is 593 g/mol. The van der Waals surface area contributed by atoms with Crippen molar-refractivity contribution in [3.63, 3.8) is 0 Å². The molecule has 2 aromatic rings. The van der Waals surface area contributed by atoms with E-state index < -0.39 is 53.1 Å². The third-order valence-electron chi connectivity index (χ3n) is 6.07. The number of furan rings is 1. The van der Waals surface area contributed by atoms with E-state index in [0.717, 1.165) is 4.90 Å². The lowest BCUT2D eigenvalue weighted by Gasteiger charge is -2.49. The summed E-state index contributed by atoms with van der Waals surface area (Å²) in [7, 11) is 1.64. The molecule has 3 N–H and O–H groups in total. The zero-order chi connectivity index (χ0) is 28.6.